The van der Waals surface area contributed by atoms with Crippen molar-refractivity contribution in [3.8, 4) is 0 Å². The van der Waals surface area contributed by atoms with Gasteiger partial charge >= 0.3 is 12.2 Å². The van der Waals surface area contributed by atoms with Crippen molar-refractivity contribution in [2.75, 3.05) is 26.3 Å². The number of nitrogens with two attached hydrogens (primary N) is 2. The molecule has 2 heterocycles. The van der Waals surface area contributed by atoms with E-state index >= 15 is 0 Å². The molecule has 64 heavy (non-hydrogen) atoms. The summed E-state index contributed by atoms with van der Waals surface area (Å²) in [6.07, 6.45) is 0.128. The SMILES string of the molecule is C[Si](C)(C)CCOCn1c(CN(Cc2ccccc2)C(=O)O)nc2ccc(CCN)cc21.C[Si](C)(C)CCOCn1c(CNC(=O)OCc2ccccc2)nc2cc(CCN)ccc21. The first-order valence-electron chi connectivity index (χ1n) is 22.1. The Morgan fingerprint density at radius 2 is 1.20 bits per heavy atom. The Bertz CT molecular complexity index is 2380. The van der Waals surface area contributed by atoms with Gasteiger partial charge in [0, 0.05) is 35.9 Å². The molecular formula is C48H68N8O6Si2. The molecule has 0 saturated carbocycles. The molecule has 0 unspecified atom stereocenters. The number of rotatable bonds is 22. The van der Waals surface area contributed by atoms with Gasteiger partial charge in [0.2, 0.25) is 0 Å². The Balaban J connectivity index is 0.000000241. The van der Waals surface area contributed by atoms with Gasteiger partial charge in [-0.15, -0.1) is 0 Å². The molecule has 0 atom stereocenters. The fourth-order valence-electron chi connectivity index (χ4n) is 6.79. The number of carboxylic acid groups (broad SMARTS) is 1. The predicted molar refractivity (Wildman–Crippen MR) is 260 cm³/mol. The van der Waals surface area contributed by atoms with Crippen LogP contribution >= 0.6 is 0 Å². The number of carbonyl (C=O) groups excluding carboxylic acids is 1. The van der Waals surface area contributed by atoms with E-state index in [1.54, 1.807) is 0 Å². The van der Waals surface area contributed by atoms with Crippen molar-refractivity contribution in [1.29, 1.82) is 0 Å². The number of benzene rings is 4. The summed E-state index contributed by atoms with van der Waals surface area (Å²) >= 11 is 0. The highest BCUT2D eigenvalue weighted by atomic mass is 28.3. The third-order valence-corrected chi connectivity index (χ3v) is 13.9. The van der Waals surface area contributed by atoms with Crippen molar-refractivity contribution in [3.63, 3.8) is 0 Å². The Morgan fingerprint density at radius 1 is 0.656 bits per heavy atom. The zero-order valence-corrected chi connectivity index (χ0v) is 40.5. The van der Waals surface area contributed by atoms with E-state index in [-0.39, 0.29) is 19.7 Å². The number of carbonyl (C=O) groups is 2. The average molecular weight is 909 g/mol. The average Bonchev–Trinajstić information content (AvgIpc) is 3.78. The molecule has 16 heteroatoms. The summed E-state index contributed by atoms with van der Waals surface area (Å²) in [7, 11) is -2.37. The van der Waals surface area contributed by atoms with Crippen molar-refractivity contribution in [2.24, 2.45) is 11.5 Å². The van der Waals surface area contributed by atoms with Crippen LogP contribution in [0.15, 0.2) is 97.1 Å². The van der Waals surface area contributed by atoms with Gasteiger partial charge in [-0.1, -0.05) is 112 Å². The summed E-state index contributed by atoms with van der Waals surface area (Å²) in [6, 6.07) is 33.6. The van der Waals surface area contributed by atoms with Gasteiger partial charge in [0.05, 0.1) is 35.2 Å². The van der Waals surface area contributed by atoms with Crippen LogP contribution in [0.2, 0.25) is 51.4 Å². The van der Waals surface area contributed by atoms with E-state index in [1.165, 1.54) is 4.90 Å². The molecule has 0 radical (unpaired) electrons. The largest absolute Gasteiger partial charge is 0.465 e. The zero-order valence-electron chi connectivity index (χ0n) is 38.5. The van der Waals surface area contributed by atoms with Crippen molar-refractivity contribution in [3.05, 3.63) is 131 Å². The molecule has 0 aliphatic rings. The lowest BCUT2D eigenvalue weighted by atomic mass is 10.1. The molecule has 0 aliphatic carbocycles. The van der Waals surface area contributed by atoms with E-state index in [9.17, 15) is 14.7 Å². The van der Waals surface area contributed by atoms with Gasteiger partial charge < -0.3 is 45.2 Å². The van der Waals surface area contributed by atoms with E-state index < -0.39 is 28.3 Å². The number of amides is 2. The van der Waals surface area contributed by atoms with Gasteiger partial charge in [-0.2, -0.15) is 0 Å². The lowest BCUT2D eigenvalue weighted by Crippen LogP contribution is -2.30. The van der Waals surface area contributed by atoms with Crippen molar-refractivity contribution < 1.29 is 28.9 Å². The first kappa shape index (κ1) is 49.6. The number of nitrogens with one attached hydrogen (secondary N) is 1. The third-order valence-electron chi connectivity index (χ3n) is 10.5. The summed E-state index contributed by atoms with van der Waals surface area (Å²) in [4.78, 5) is 35.1. The number of imidazole rings is 2. The molecule has 2 aromatic heterocycles. The van der Waals surface area contributed by atoms with Gasteiger partial charge in [0.15, 0.2) is 0 Å². The van der Waals surface area contributed by atoms with Crippen LogP contribution in [0.3, 0.4) is 0 Å². The molecule has 4 aromatic carbocycles. The Morgan fingerprint density at radius 3 is 1.78 bits per heavy atom. The second-order valence-corrected chi connectivity index (χ2v) is 29.6. The molecule has 14 nitrogen and oxygen atoms in total. The molecule has 344 valence electrons. The zero-order chi connectivity index (χ0) is 46.1. The van der Waals surface area contributed by atoms with Gasteiger partial charge in [-0.3, -0.25) is 4.90 Å². The van der Waals surface area contributed by atoms with Crippen LogP contribution in [-0.4, -0.2) is 83.7 Å². The fourth-order valence-corrected chi connectivity index (χ4v) is 8.30. The summed E-state index contributed by atoms with van der Waals surface area (Å²) in [6.45, 7) is 18.2. The van der Waals surface area contributed by atoms with Crippen molar-refractivity contribution in [2.45, 2.75) is 104 Å². The Hall–Kier alpha value is -5.37. The standard InChI is InChI=1S/2C24H34N4O3Si/c1-32(2,3)14-13-30-18-28-22-10-9-19(11-12-25)15-21(22)27-23(28)16-26-24(29)31-17-20-7-5-4-6-8-20;1-32(2,3)14-13-31-18-28-22-15-19(11-12-25)9-10-21(22)26-23(28)17-27(24(29)30)16-20-7-5-4-6-8-20/h4-10,15H,11-14,16-18,25H2,1-3H3,(H,26,29);4-10,15H,11-14,16-18,25H2,1-3H3,(H,29,30). The van der Waals surface area contributed by atoms with E-state index in [4.69, 9.17) is 35.6 Å². The molecule has 6 rings (SSSR count). The van der Waals surface area contributed by atoms with Crippen LogP contribution < -0.4 is 16.8 Å². The van der Waals surface area contributed by atoms with E-state index in [0.29, 0.717) is 52.1 Å². The van der Waals surface area contributed by atoms with Crippen LogP contribution in [0, 0.1) is 0 Å². The maximum Gasteiger partial charge on any atom is 0.408 e. The molecule has 0 bridgehead atoms. The molecule has 0 fully saturated rings. The molecule has 6 aromatic rings. The minimum atomic E-state index is -1.20. The molecule has 0 aliphatic heterocycles. The number of hydrogen-bond acceptors (Lipinski definition) is 9. The lowest BCUT2D eigenvalue weighted by molar-refractivity contribution is 0.0847. The second kappa shape index (κ2) is 24.1. The summed E-state index contributed by atoms with van der Waals surface area (Å²) in [5.74, 6) is 1.41. The number of nitrogens with zero attached hydrogens (tertiary/aromatic N) is 5. The van der Waals surface area contributed by atoms with Gasteiger partial charge in [-0.25, -0.2) is 19.6 Å². The maximum absolute atomic E-state index is 12.2. The maximum atomic E-state index is 12.2. The number of hydrogen-bond donors (Lipinski definition) is 4. The first-order chi connectivity index (χ1) is 30.6. The quantitative estimate of drug-likeness (QED) is 0.0379. The molecular weight excluding hydrogens is 841 g/mol. The van der Waals surface area contributed by atoms with Crippen molar-refractivity contribution >= 4 is 50.4 Å². The highest BCUT2D eigenvalue weighted by Gasteiger charge is 2.20. The van der Waals surface area contributed by atoms with Gasteiger partial charge in [-0.05, 0) is 84.5 Å². The smallest absolute Gasteiger partial charge is 0.408 e. The van der Waals surface area contributed by atoms with Gasteiger partial charge in [0.25, 0.3) is 0 Å². The van der Waals surface area contributed by atoms with E-state index in [0.717, 1.165) is 75.1 Å². The minimum Gasteiger partial charge on any atom is -0.465 e. The second-order valence-electron chi connectivity index (χ2n) is 18.4. The molecule has 2 amide bonds. The van der Waals surface area contributed by atoms with Crippen LogP contribution in [0.4, 0.5) is 9.59 Å². The summed E-state index contributed by atoms with van der Waals surface area (Å²) in [5, 5.41) is 12.6. The lowest BCUT2D eigenvalue weighted by Gasteiger charge is -2.20. The molecule has 0 spiro atoms. The van der Waals surface area contributed by atoms with Crippen LogP contribution in [0.5, 0.6) is 0 Å². The third kappa shape index (κ3) is 16.0. The van der Waals surface area contributed by atoms with Crippen LogP contribution in [0.25, 0.3) is 22.1 Å². The molecule has 6 N–H and O–H groups in total. The number of ether oxygens (including phenoxy) is 3. The van der Waals surface area contributed by atoms with Crippen LogP contribution in [0.1, 0.15) is 33.9 Å². The highest BCUT2D eigenvalue weighted by molar-refractivity contribution is 6.76. The topological polar surface area (TPSA) is 185 Å². The molecule has 0 saturated heterocycles. The number of alkyl carbamates (subject to hydrolysis) is 1. The van der Waals surface area contributed by atoms with E-state index in [2.05, 4.69) is 62.8 Å². The number of fused-ring (bicyclic) bond motifs is 2. The minimum absolute atomic E-state index is 0.183. The predicted octanol–water partition coefficient (Wildman–Crippen LogP) is 8.81. The number of aromatic nitrogens is 4. The summed E-state index contributed by atoms with van der Waals surface area (Å²) in [5.41, 5.74) is 19.2. The van der Waals surface area contributed by atoms with Crippen LogP contribution in [-0.2, 0) is 66.8 Å². The monoisotopic (exact) mass is 908 g/mol. The Kier molecular flexibility index (Phi) is 18.7. The highest BCUT2D eigenvalue weighted by Crippen LogP contribution is 2.22. The summed E-state index contributed by atoms with van der Waals surface area (Å²) < 4.78 is 21.4. The fraction of sp³-hybridized carbons (Fsp3) is 0.417. The first-order valence-corrected chi connectivity index (χ1v) is 29.5. The Labute approximate surface area is 379 Å². The van der Waals surface area contributed by atoms with E-state index in [1.807, 2.05) is 88.0 Å². The normalized spacial score (nSPS) is 11.7. The van der Waals surface area contributed by atoms with Crippen molar-refractivity contribution in [1.82, 2.24) is 29.3 Å². The van der Waals surface area contributed by atoms with Gasteiger partial charge in [0.1, 0.15) is 31.7 Å².